The van der Waals surface area contributed by atoms with Crippen LogP contribution in [-0.2, 0) is 6.42 Å². The van der Waals surface area contributed by atoms with E-state index in [9.17, 15) is 5.11 Å². The van der Waals surface area contributed by atoms with Gasteiger partial charge in [-0.1, -0.05) is 28.1 Å². The van der Waals surface area contributed by atoms with Crippen LogP contribution in [-0.4, -0.2) is 10.1 Å². The smallest absolute Gasteiger partial charge is 0.117 e. The Morgan fingerprint density at radius 3 is 2.56 bits per heavy atom. The summed E-state index contributed by atoms with van der Waals surface area (Å²) in [6.07, 6.45) is 0.864. The molecular formula is C15H12BrNO. The molecule has 0 saturated heterocycles. The normalized spacial score (nSPS) is 10.9. The number of H-pyrrole nitrogens is 1. The molecule has 0 aliphatic rings. The molecule has 2 aromatic carbocycles. The first-order valence-corrected chi connectivity index (χ1v) is 6.55. The van der Waals surface area contributed by atoms with E-state index >= 15 is 0 Å². The van der Waals surface area contributed by atoms with Crippen LogP contribution in [0.15, 0.2) is 53.0 Å². The van der Waals surface area contributed by atoms with E-state index in [2.05, 4.69) is 39.1 Å². The van der Waals surface area contributed by atoms with Gasteiger partial charge in [0, 0.05) is 28.2 Å². The molecule has 0 atom stereocenters. The van der Waals surface area contributed by atoms with Crippen LogP contribution < -0.4 is 0 Å². The van der Waals surface area contributed by atoms with Crippen LogP contribution in [0.2, 0.25) is 0 Å². The summed E-state index contributed by atoms with van der Waals surface area (Å²) in [5.41, 5.74) is 3.38. The van der Waals surface area contributed by atoms with Crippen LogP contribution in [0.3, 0.4) is 0 Å². The summed E-state index contributed by atoms with van der Waals surface area (Å²) in [6, 6.07) is 15.8. The van der Waals surface area contributed by atoms with E-state index in [0.717, 1.165) is 27.5 Å². The maximum absolute atomic E-state index is 9.43. The molecule has 0 fully saturated rings. The predicted molar refractivity (Wildman–Crippen MR) is 76.9 cm³/mol. The van der Waals surface area contributed by atoms with Gasteiger partial charge in [0.05, 0.1) is 0 Å². The van der Waals surface area contributed by atoms with Gasteiger partial charge in [-0.15, -0.1) is 0 Å². The van der Waals surface area contributed by atoms with Crippen LogP contribution in [0.4, 0.5) is 0 Å². The Labute approximate surface area is 113 Å². The minimum Gasteiger partial charge on any atom is -0.508 e. The van der Waals surface area contributed by atoms with Gasteiger partial charge in [-0.2, -0.15) is 0 Å². The first-order chi connectivity index (χ1) is 8.70. The van der Waals surface area contributed by atoms with Gasteiger partial charge in [-0.25, -0.2) is 0 Å². The number of aromatic hydroxyl groups is 1. The van der Waals surface area contributed by atoms with E-state index in [4.69, 9.17) is 0 Å². The molecule has 0 bridgehead atoms. The largest absolute Gasteiger partial charge is 0.508 e. The second kappa shape index (κ2) is 4.50. The number of hydrogen-bond acceptors (Lipinski definition) is 1. The molecule has 0 radical (unpaired) electrons. The van der Waals surface area contributed by atoms with Gasteiger partial charge in [0.15, 0.2) is 0 Å². The Hall–Kier alpha value is -1.74. The molecule has 90 valence electrons. The number of rotatable bonds is 2. The van der Waals surface area contributed by atoms with Crippen molar-refractivity contribution in [3.8, 4) is 5.75 Å². The molecule has 0 spiro atoms. The lowest BCUT2D eigenvalue weighted by Crippen LogP contribution is -1.87. The van der Waals surface area contributed by atoms with Gasteiger partial charge < -0.3 is 10.1 Å². The molecule has 0 amide bonds. The molecule has 2 nitrogen and oxygen atoms in total. The summed E-state index contributed by atoms with van der Waals surface area (Å²) in [4.78, 5) is 3.33. The van der Waals surface area contributed by atoms with Crippen LogP contribution >= 0.6 is 15.9 Å². The van der Waals surface area contributed by atoms with E-state index in [1.807, 2.05) is 18.2 Å². The monoisotopic (exact) mass is 301 g/mol. The fourth-order valence-electron chi connectivity index (χ4n) is 2.09. The Balaban J connectivity index is 1.92. The lowest BCUT2D eigenvalue weighted by Gasteiger charge is -1.99. The summed E-state index contributed by atoms with van der Waals surface area (Å²) >= 11 is 3.43. The third-order valence-electron chi connectivity index (χ3n) is 2.97. The van der Waals surface area contributed by atoms with E-state index < -0.39 is 0 Å². The van der Waals surface area contributed by atoms with E-state index in [0.29, 0.717) is 5.75 Å². The van der Waals surface area contributed by atoms with E-state index in [1.165, 1.54) is 5.56 Å². The quantitative estimate of drug-likeness (QED) is 0.730. The van der Waals surface area contributed by atoms with Crippen LogP contribution in [0, 0.1) is 0 Å². The Kier molecular flexibility index (Phi) is 2.84. The van der Waals surface area contributed by atoms with E-state index in [1.54, 1.807) is 12.1 Å². The number of phenols is 1. The number of nitrogens with one attached hydrogen (secondary N) is 1. The third-order valence-corrected chi connectivity index (χ3v) is 3.50. The molecule has 0 saturated carbocycles. The van der Waals surface area contributed by atoms with Crippen molar-refractivity contribution >= 4 is 26.8 Å². The fraction of sp³-hybridized carbons (Fsp3) is 0.0667. The van der Waals surface area contributed by atoms with Crippen molar-refractivity contribution in [2.75, 3.05) is 0 Å². The van der Waals surface area contributed by atoms with Gasteiger partial charge in [0.1, 0.15) is 5.75 Å². The first kappa shape index (κ1) is 11.4. The van der Waals surface area contributed by atoms with Crippen molar-refractivity contribution in [1.29, 1.82) is 0 Å². The summed E-state index contributed by atoms with van der Waals surface area (Å²) in [5, 5.41) is 10.6. The highest BCUT2D eigenvalue weighted by atomic mass is 79.9. The summed E-state index contributed by atoms with van der Waals surface area (Å²) in [7, 11) is 0. The number of benzene rings is 2. The number of halogens is 1. The van der Waals surface area contributed by atoms with Crippen molar-refractivity contribution in [2.45, 2.75) is 6.42 Å². The lowest BCUT2D eigenvalue weighted by molar-refractivity contribution is 0.476. The van der Waals surface area contributed by atoms with Crippen LogP contribution in [0.1, 0.15) is 11.3 Å². The van der Waals surface area contributed by atoms with Crippen LogP contribution in [0.25, 0.3) is 10.9 Å². The SMILES string of the molecule is Oc1ccc2cc(Cc3ccc(Br)cc3)[nH]c2c1. The minimum atomic E-state index is 0.291. The second-order valence-corrected chi connectivity index (χ2v) is 5.29. The third kappa shape index (κ3) is 2.27. The van der Waals surface area contributed by atoms with Gasteiger partial charge in [-0.3, -0.25) is 0 Å². The second-order valence-electron chi connectivity index (χ2n) is 4.37. The summed E-state index contributed by atoms with van der Waals surface area (Å²) in [6.45, 7) is 0. The van der Waals surface area contributed by atoms with Gasteiger partial charge in [-0.05, 0) is 41.3 Å². The highest BCUT2D eigenvalue weighted by Gasteiger charge is 2.02. The zero-order valence-corrected chi connectivity index (χ0v) is 11.2. The number of phenolic OH excluding ortho intramolecular Hbond substituents is 1. The molecule has 0 aliphatic heterocycles. The minimum absolute atomic E-state index is 0.291. The van der Waals surface area contributed by atoms with Gasteiger partial charge in [0.2, 0.25) is 0 Å². The molecule has 1 aromatic heterocycles. The maximum atomic E-state index is 9.43. The van der Waals surface area contributed by atoms with Gasteiger partial charge >= 0.3 is 0 Å². The number of aromatic amines is 1. The number of hydrogen-bond donors (Lipinski definition) is 2. The Bertz CT molecular complexity index is 685. The molecule has 18 heavy (non-hydrogen) atoms. The molecular weight excluding hydrogens is 290 g/mol. The standard InChI is InChI=1S/C15H12BrNO/c16-12-4-1-10(2-5-12)7-13-8-11-3-6-14(18)9-15(11)17-13/h1-6,8-9,17-18H,7H2. The topological polar surface area (TPSA) is 36.0 Å². The first-order valence-electron chi connectivity index (χ1n) is 5.76. The Morgan fingerprint density at radius 1 is 1.00 bits per heavy atom. The lowest BCUT2D eigenvalue weighted by atomic mass is 10.1. The highest BCUT2D eigenvalue weighted by Crippen LogP contribution is 2.22. The highest BCUT2D eigenvalue weighted by molar-refractivity contribution is 9.10. The molecule has 3 heteroatoms. The molecule has 3 rings (SSSR count). The van der Waals surface area contributed by atoms with Crippen LogP contribution in [0.5, 0.6) is 5.75 Å². The molecule has 1 heterocycles. The average molecular weight is 302 g/mol. The fourth-order valence-corrected chi connectivity index (χ4v) is 2.36. The zero-order valence-electron chi connectivity index (χ0n) is 9.65. The number of fused-ring (bicyclic) bond motifs is 1. The van der Waals surface area contributed by atoms with Crippen molar-refractivity contribution in [1.82, 2.24) is 4.98 Å². The van der Waals surface area contributed by atoms with Crippen molar-refractivity contribution < 1.29 is 5.11 Å². The molecule has 0 aliphatic carbocycles. The molecule has 3 aromatic rings. The van der Waals surface area contributed by atoms with Gasteiger partial charge in [0.25, 0.3) is 0 Å². The van der Waals surface area contributed by atoms with E-state index in [-0.39, 0.29) is 0 Å². The van der Waals surface area contributed by atoms with Crippen molar-refractivity contribution in [2.24, 2.45) is 0 Å². The molecule has 0 unspecified atom stereocenters. The van der Waals surface area contributed by atoms with Crippen molar-refractivity contribution in [3.63, 3.8) is 0 Å². The summed E-state index contributed by atoms with van der Waals surface area (Å²) in [5.74, 6) is 0.291. The zero-order chi connectivity index (χ0) is 12.5. The van der Waals surface area contributed by atoms with Crippen molar-refractivity contribution in [3.05, 3.63) is 64.3 Å². The maximum Gasteiger partial charge on any atom is 0.117 e. The molecule has 2 N–H and O–H groups in total. The Morgan fingerprint density at radius 2 is 1.78 bits per heavy atom. The number of aromatic nitrogens is 1. The summed E-state index contributed by atoms with van der Waals surface area (Å²) < 4.78 is 1.09. The predicted octanol–water partition coefficient (Wildman–Crippen LogP) is 4.23. The average Bonchev–Trinajstić information content (AvgIpc) is 2.73.